The van der Waals surface area contributed by atoms with Crippen molar-refractivity contribution in [3.05, 3.63) is 187 Å². The Morgan fingerprint density at radius 3 is 2.04 bits per heavy atom. The molecule has 0 radical (unpaired) electrons. The van der Waals surface area contributed by atoms with E-state index >= 15 is 0 Å². The minimum atomic E-state index is 0.448. The van der Waals surface area contributed by atoms with Crippen molar-refractivity contribution in [2.75, 3.05) is 0 Å². The predicted octanol–water partition coefficient (Wildman–Crippen LogP) is 12.1. The van der Waals surface area contributed by atoms with Crippen LogP contribution in [-0.2, 0) is 6.54 Å². The lowest BCUT2D eigenvalue weighted by molar-refractivity contribution is 0.668. The first-order valence-electron chi connectivity index (χ1n) is 17.7. The minimum absolute atomic E-state index is 0.448. The summed E-state index contributed by atoms with van der Waals surface area (Å²) in [5.41, 5.74) is 7.61. The number of aromatic nitrogens is 1. The second kappa shape index (κ2) is 12.6. The fourth-order valence-corrected chi connectivity index (χ4v) is 7.80. The zero-order chi connectivity index (χ0) is 35.3. The average Bonchev–Trinajstić information content (AvgIpc) is 3.78. The van der Waals surface area contributed by atoms with Gasteiger partial charge in [0.15, 0.2) is 11.7 Å². The molecule has 0 spiro atoms. The van der Waals surface area contributed by atoms with Gasteiger partial charge in [0.2, 0.25) is 0 Å². The molecule has 2 heterocycles. The molecule has 5 heteroatoms. The Hall–Kier alpha value is -7.11. The number of aliphatic imine (C=N–C) groups is 3. The molecule has 0 amide bonds. The first kappa shape index (κ1) is 30.7. The summed E-state index contributed by atoms with van der Waals surface area (Å²) in [4.78, 5) is 14.5. The van der Waals surface area contributed by atoms with Crippen LogP contribution in [0.3, 0.4) is 0 Å². The summed E-state index contributed by atoms with van der Waals surface area (Å²) in [6.45, 7) is 4.32. The molecule has 10 aromatic rings. The molecule has 250 valence electrons. The normalized spacial score (nSPS) is 12.5. The van der Waals surface area contributed by atoms with Crippen LogP contribution in [0.4, 0.5) is 0 Å². The van der Waals surface area contributed by atoms with E-state index in [-0.39, 0.29) is 0 Å². The monoisotopic (exact) mass is 680 g/mol. The number of hydrogen-bond acceptors (Lipinski definition) is 2. The molecule has 0 bridgehead atoms. The average molecular weight is 681 g/mol. The summed E-state index contributed by atoms with van der Waals surface area (Å²) >= 11 is 0. The number of para-hydroxylation sites is 1. The van der Waals surface area contributed by atoms with Gasteiger partial charge in [-0.2, -0.15) is 0 Å². The van der Waals surface area contributed by atoms with Crippen LogP contribution in [0.1, 0.15) is 16.7 Å². The van der Waals surface area contributed by atoms with Crippen LogP contribution in [0.2, 0.25) is 0 Å². The van der Waals surface area contributed by atoms with Crippen molar-refractivity contribution in [2.24, 2.45) is 15.0 Å². The van der Waals surface area contributed by atoms with Crippen molar-refractivity contribution in [1.29, 1.82) is 0 Å². The molecule has 0 saturated carbocycles. The number of amidine groups is 2. The Morgan fingerprint density at radius 2 is 1.23 bits per heavy atom. The molecular weight excluding hydrogens is 649 g/mol. The summed E-state index contributed by atoms with van der Waals surface area (Å²) in [7, 11) is 0. The van der Waals surface area contributed by atoms with Crippen LogP contribution in [-0.4, -0.2) is 23.0 Å². The SMILES string of the molecule is C=NC(=NC(=NCc1ccccc1)c1cccc2c1oc1cccc(-n3c4ccc5ccccc5c4c4ccc5ccccc5c43)c12)c1ccccc1. The fraction of sp³-hybridized carbons (Fsp3) is 0.0208. The molecular formula is C48H32N4O. The molecule has 0 aliphatic rings. The van der Waals surface area contributed by atoms with Crippen LogP contribution in [0.5, 0.6) is 0 Å². The van der Waals surface area contributed by atoms with E-state index in [0.717, 1.165) is 49.8 Å². The van der Waals surface area contributed by atoms with Crippen molar-refractivity contribution in [3.8, 4) is 5.69 Å². The van der Waals surface area contributed by atoms with Gasteiger partial charge in [-0.05, 0) is 52.7 Å². The maximum absolute atomic E-state index is 6.85. The molecule has 0 unspecified atom stereocenters. The van der Waals surface area contributed by atoms with Gasteiger partial charge in [0.1, 0.15) is 11.2 Å². The van der Waals surface area contributed by atoms with E-state index in [9.17, 15) is 0 Å². The smallest absolute Gasteiger partial charge is 0.161 e. The third kappa shape index (κ3) is 5.05. The van der Waals surface area contributed by atoms with Crippen molar-refractivity contribution in [3.63, 3.8) is 0 Å². The maximum atomic E-state index is 6.85. The van der Waals surface area contributed by atoms with Gasteiger partial charge in [0.05, 0.1) is 34.2 Å². The van der Waals surface area contributed by atoms with Crippen LogP contribution in [0.25, 0.3) is 71.0 Å². The third-order valence-corrected chi connectivity index (χ3v) is 10.2. The van der Waals surface area contributed by atoms with Crippen LogP contribution >= 0.6 is 0 Å². The van der Waals surface area contributed by atoms with Gasteiger partial charge < -0.3 is 8.98 Å². The van der Waals surface area contributed by atoms with Crippen molar-refractivity contribution in [1.82, 2.24) is 4.57 Å². The zero-order valence-electron chi connectivity index (χ0n) is 28.8. The van der Waals surface area contributed by atoms with Crippen molar-refractivity contribution in [2.45, 2.75) is 6.54 Å². The highest BCUT2D eigenvalue weighted by atomic mass is 16.3. The lowest BCUT2D eigenvalue weighted by Crippen LogP contribution is -2.06. The zero-order valence-corrected chi connectivity index (χ0v) is 28.8. The molecule has 0 atom stereocenters. The van der Waals surface area contributed by atoms with Gasteiger partial charge >= 0.3 is 0 Å². The quantitative estimate of drug-likeness (QED) is 0.132. The topological polar surface area (TPSA) is 55.1 Å². The van der Waals surface area contributed by atoms with Crippen molar-refractivity contribution >= 4 is 83.7 Å². The Bertz CT molecular complexity index is 3100. The highest BCUT2D eigenvalue weighted by Crippen LogP contribution is 2.43. The van der Waals surface area contributed by atoms with Crippen molar-refractivity contribution < 1.29 is 4.42 Å². The molecule has 0 saturated heterocycles. The van der Waals surface area contributed by atoms with E-state index in [1.165, 1.54) is 37.8 Å². The summed E-state index contributed by atoms with van der Waals surface area (Å²) in [6, 6.07) is 59.0. The summed E-state index contributed by atoms with van der Waals surface area (Å²) in [6.07, 6.45) is 0. The van der Waals surface area contributed by atoms with Gasteiger partial charge in [-0.3, -0.25) is 4.99 Å². The molecule has 0 fully saturated rings. The fourth-order valence-electron chi connectivity index (χ4n) is 7.80. The standard InChI is InChI=1S/C48H32N4O/c1-49-47(34-18-6-3-7-19-34)51-48(50-30-31-14-4-2-5-15-31)39-23-12-22-38-44-40(24-13-25-42(44)53-46(38)39)52-41-29-27-32-16-8-10-20-35(32)43(41)37-28-26-33-17-9-11-21-36(33)45(37)52/h2-29H,1,30H2. The molecule has 0 aliphatic heterocycles. The van der Waals surface area contributed by atoms with E-state index in [1.807, 2.05) is 54.6 Å². The van der Waals surface area contributed by atoms with Gasteiger partial charge in [0, 0.05) is 27.1 Å². The maximum Gasteiger partial charge on any atom is 0.161 e. The van der Waals surface area contributed by atoms with E-state index < -0.39 is 0 Å². The first-order valence-corrected chi connectivity index (χ1v) is 17.7. The van der Waals surface area contributed by atoms with Gasteiger partial charge in [-0.15, -0.1) is 0 Å². The summed E-state index contributed by atoms with van der Waals surface area (Å²) in [5.74, 6) is 1.02. The molecule has 0 aliphatic carbocycles. The molecule has 0 N–H and O–H groups in total. The molecule has 2 aromatic heterocycles. The number of nitrogens with zero attached hydrogens (tertiary/aromatic N) is 4. The Kier molecular flexibility index (Phi) is 7.29. The minimum Gasteiger partial charge on any atom is -0.455 e. The second-order valence-electron chi connectivity index (χ2n) is 13.2. The lowest BCUT2D eigenvalue weighted by atomic mass is 10.0. The molecule has 53 heavy (non-hydrogen) atoms. The predicted molar refractivity (Wildman–Crippen MR) is 222 cm³/mol. The Morgan fingerprint density at radius 1 is 0.547 bits per heavy atom. The molecule has 10 rings (SSSR count). The Labute approximate surface area is 305 Å². The first-order chi connectivity index (χ1) is 26.3. The summed E-state index contributed by atoms with van der Waals surface area (Å²) in [5, 5.41) is 9.32. The van der Waals surface area contributed by atoms with E-state index in [4.69, 9.17) is 14.4 Å². The molecule has 8 aromatic carbocycles. The number of fused-ring (bicyclic) bond motifs is 10. The highest BCUT2D eigenvalue weighted by molar-refractivity contribution is 6.27. The number of hydrogen-bond donors (Lipinski definition) is 0. The van der Waals surface area contributed by atoms with Crippen LogP contribution in [0.15, 0.2) is 189 Å². The van der Waals surface area contributed by atoms with E-state index in [0.29, 0.717) is 18.2 Å². The highest BCUT2D eigenvalue weighted by Gasteiger charge is 2.22. The van der Waals surface area contributed by atoms with Gasteiger partial charge in [-0.1, -0.05) is 146 Å². The van der Waals surface area contributed by atoms with E-state index in [1.54, 1.807) is 0 Å². The number of rotatable bonds is 5. The number of furan rings is 1. The largest absolute Gasteiger partial charge is 0.455 e. The van der Waals surface area contributed by atoms with Gasteiger partial charge in [0.25, 0.3) is 0 Å². The molecule has 5 nitrogen and oxygen atoms in total. The lowest BCUT2D eigenvalue weighted by Gasteiger charge is -2.11. The second-order valence-corrected chi connectivity index (χ2v) is 13.2. The van der Waals surface area contributed by atoms with Crippen LogP contribution < -0.4 is 0 Å². The van der Waals surface area contributed by atoms with Crippen LogP contribution in [0, 0.1) is 0 Å². The third-order valence-electron chi connectivity index (χ3n) is 10.2. The Balaban J connectivity index is 1.26. The van der Waals surface area contributed by atoms with Gasteiger partial charge in [-0.25, -0.2) is 9.98 Å². The summed E-state index contributed by atoms with van der Waals surface area (Å²) < 4.78 is 9.28. The number of benzene rings is 8. The van der Waals surface area contributed by atoms with E-state index in [2.05, 4.69) is 132 Å².